The Labute approximate surface area is 102 Å². The van der Waals surface area contributed by atoms with Crippen LogP contribution in [0.4, 0.5) is 13.2 Å². The highest BCUT2D eigenvalue weighted by molar-refractivity contribution is 5.89. The lowest BCUT2D eigenvalue weighted by atomic mass is 9.96. The van der Waals surface area contributed by atoms with Gasteiger partial charge in [0.1, 0.15) is 0 Å². The zero-order valence-corrected chi connectivity index (χ0v) is 9.61. The number of rotatable bonds is 2. The average Bonchev–Trinajstić information content (AvgIpc) is 3.07. The standard InChI is InChI=1S/C11H14F3NO3/c12-11(13,14)6-1-3-15(4-2-6)9(16)7-5-8(7)10(17)18/h6-8H,1-5H2,(H,17,18). The summed E-state index contributed by atoms with van der Waals surface area (Å²) in [6.45, 7) is 0.150. The molecule has 1 saturated carbocycles. The Morgan fingerprint density at radius 2 is 1.67 bits per heavy atom. The van der Waals surface area contributed by atoms with Crippen molar-refractivity contribution in [1.29, 1.82) is 0 Å². The maximum Gasteiger partial charge on any atom is 0.391 e. The van der Waals surface area contributed by atoms with Crippen molar-refractivity contribution in [1.82, 2.24) is 4.90 Å². The molecule has 2 aliphatic rings. The molecular formula is C11H14F3NO3. The number of hydrogen-bond donors (Lipinski definition) is 1. The van der Waals surface area contributed by atoms with Crippen molar-refractivity contribution >= 4 is 11.9 Å². The van der Waals surface area contributed by atoms with Crippen LogP contribution in [0.2, 0.25) is 0 Å². The lowest BCUT2D eigenvalue weighted by molar-refractivity contribution is -0.186. The van der Waals surface area contributed by atoms with Crippen molar-refractivity contribution in [3.8, 4) is 0 Å². The fraction of sp³-hybridized carbons (Fsp3) is 0.818. The van der Waals surface area contributed by atoms with Crippen LogP contribution in [0.3, 0.4) is 0 Å². The van der Waals surface area contributed by atoms with Gasteiger partial charge >= 0.3 is 12.1 Å². The van der Waals surface area contributed by atoms with Gasteiger partial charge in [0, 0.05) is 13.1 Å². The number of halogens is 3. The van der Waals surface area contributed by atoms with E-state index >= 15 is 0 Å². The van der Waals surface area contributed by atoms with Crippen LogP contribution >= 0.6 is 0 Å². The van der Waals surface area contributed by atoms with E-state index in [2.05, 4.69) is 0 Å². The number of carboxylic acids is 1. The molecule has 1 N–H and O–H groups in total. The summed E-state index contributed by atoms with van der Waals surface area (Å²) in [6, 6.07) is 0. The zero-order valence-electron chi connectivity index (χ0n) is 9.61. The van der Waals surface area contributed by atoms with Crippen molar-refractivity contribution in [2.75, 3.05) is 13.1 Å². The van der Waals surface area contributed by atoms with Crippen LogP contribution in [0.15, 0.2) is 0 Å². The summed E-state index contributed by atoms with van der Waals surface area (Å²) in [5.41, 5.74) is 0. The molecule has 1 aliphatic heterocycles. The number of carbonyl (C=O) groups is 2. The first kappa shape index (κ1) is 13.2. The largest absolute Gasteiger partial charge is 0.481 e. The Bertz CT molecular complexity index is 361. The fourth-order valence-electron chi connectivity index (χ4n) is 2.40. The number of amides is 1. The highest BCUT2D eigenvalue weighted by Gasteiger charge is 2.51. The normalized spacial score (nSPS) is 29.2. The summed E-state index contributed by atoms with van der Waals surface area (Å²) in [5, 5.41) is 8.70. The van der Waals surface area contributed by atoms with E-state index in [-0.39, 0.29) is 31.8 Å². The van der Waals surface area contributed by atoms with Crippen LogP contribution in [0.25, 0.3) is 0 Å². The monoisotopic (exact) mass is 265 g/mol. The van der Waals surface area contributed by atoms with Gasteiger partial charge in [0.05, 0.1) is 17.8 Å². The number of nitrogens with zero attached hydrogens (tertiary/aromatic N) is 1. The summed E-state index contributed by atoms with van der Waals surface area (Å²) in [6.07, 6.45) is -4.05. The van der Waals surface area contributed by atoms with Crippen molar-refractivity contribution in [2.24, 2.45) is 17.8 Å². The molecule has 0 aromatic carbocycles. The van der Waals surface area contributed by atoms with Gasteiger partial charge in [-0.2, -0.15) is 13.2 Å². The molecule has 1 saturated heterocycles. The van der Waals surface area contributed by atoms with E-state index in [4.69, 9.17) is 5.11 Å². The Morgan fingerprint density at radius 3 is 2.06 bits per heavy atom. The fourth-order valence-corrected chi connectivity index (χ4v) is 2.40. The smallest absolute Gasteiger partial charge is 0.391 e. The van der Waals surface area contributed by atoms with Gasteiger partial charge in [-0.1, -0.05) is 0 Å². The van der Waals surface area contributed by atoms with Crippen LogP contribution in [0.5, 0.6) is 0 Å². The third kappa shape index (κ3) is 2.59. The minimum atomic E-state index is -4.20. The molecule has 0 aromatic rings. The van der Waals surface area contributed by atoms with Crippen molar-refractivity contribution in [3.05, 3.63) is 0 Å². The van der Waals surface area contributed by atoms with Gasteiger partial charge in [-0.05, 0) is 19.3 Å². The number of aliphatic carboxylic acids is 1. The average molecular weight is 265 g/mol. The molecule has 18 heavy (non-hydrogen) atoms. The number of carbonyl (C=O) groups excluding carboxylic acids is 1. The molecule has 1 aliphatic carbocycles. The molecule has 0 aromatic heterocycles. The van der Waals surface area contributed by atoms with E-state index in [0.29, 0.717) is 6.42 Å². The molecule has 1 amide bonds. The second-order valence-corrected chi connectivity index (χ2v) is 4.93. The van der Waals surface area contributed by atoms with E-state index in [0.717, 1.165) is 0 Å². The van der Waals surface area contributed by atoms with E-state index in [1.165, 1.54) is 4.90 Å². The lowest BCUT2D eigenvalue weighted by Gasteiger charge is -2.33. The molecule has 0 bridgehead atoms. The van der Waals surface area contributed by atoms with Crippen LogP contribution in [0, 0.1) is 17.8 Å². The van der Waals surface area contributed by atoms with Gasteiger partial charge in [0.2, 0.25) is 5.91 Å². The van der Waals surface area contributed by atoms with Crippen LogP contribution in [-0.2, 0) is 9.59 Å². The quantitative estimate of drug-likeness (QED) is 0.823. The van der Waals surface area contributed by atoms with E-state index < -0.39 is 29.9 Å². The number of carboxylic acid groups (broad SMARTS) is 1. The first-order valence-electron chi connectivity index (χ1n) is 5.89. The predicted molar refractivity (Wildman–Crippen MR) is 54.6 cm³/mol. The molecule has 0 spiro atoms. The summed E-state index contributed by atoms with van der Waals surface area (Å²) in [7, 11) is 0. The molecule has 2 fully saturated rings. The van der Waals surface area contributed by atoms with Gasteiger partial charge in [0.25, 0.3) is 0 Å². The summed E-state index contributed by atoms with van der Waals surface area (Å²) in [4.78, 5) is 23.8. The molecular weight excluding hydrogens is 251 g/mol. The minimum absolute atomic E-state index is 0.0752. The maximum atomic E-state index is 12.4. The Balaban J connectivity index is 1.84. The highest BCUT2D eigenvalue weighted by Crippen LogP contribution is 2.41. The molecule has 2 atom stereocenters. The van der Waals surface area contributed by atoms with Crippen molar-refractivity contribution in [2.45, 2.75) is 25.4 Å². The third-order valence-corrected chi connectivity index (χ3v) is 3.69. The molecule has 1 heterocycles. The first-order valence-corrected chi connectivity index (χ1v) is 5.89. The Kier molecular flexibility index (Phi) is 3.25. The first-order chi connectivity index (χ1) is 8.30. The van der Waals surface area contributed by atoms with Gasteiger partial charge < -0.3 is 10.0 Å². The molecule has 4 nitrogen and oxygen atoms in total. The number of piperidine rings is 1. The number of alkyl halides is 3. The van der Waals surface area contributed by atoms with Gasteiger partial charge in [-0.15, -0.1) is 0 Å². The van der Waals surface area contributed by atoms with Crippen LogP contribution < -0.4 is 0 Å². The number of likely N-dealkylation sites (tertiary alicyclic amines) is 1. The molecule has 0 radical (unpaired) electrons. The Hall–Kier alpha value is -1.27. The van der Waals surface area contributed by atoms with Gasteiger partial charge in [-0.3, -0.25) is 9.59 Å². The van der Waals surface area contributed by atoms with Gasteiger partial charge in [-0.25, -0.2) is 0 Å². The molecule has 2 unspecified atom stereocenters. The predicted octanol–water partition coefficient (Wildman–Crippen LogP) is 1.51. The molecule has 2 rings (SSSR count). The SMILES string of the molecule is O=C(O)C1CC1C(=O)N1CCC(C(F)(F)F)CC1. The zero-order chi connectivity index (χ0) is 13.5. The lowest BCUT2D eigenvalue weighted by Crippen LogP contribution is -2.43. The molecule has 102 valence electrons. The summed E-state index contributed by atoms with van der Waals surface area (Å²) < 4.78 is 37.3. The topological polar surface area (TPSA) is 57.6 Å². The van der Waals surface area contributed by atoms with E-state index in [9.17, 15) is 22.8 Å². The second kappa shape index (κ2) is 4.44. The van der Waals surface area contributed by atoms with Crippen molar-refractivity contribution in [3.63, 3.8) is 0 Å². The second-order valence-electron chi connectivity index (χ2n) is 4.93. The highest BCUT2D eigenvalue weighted by atomic mass is 19.4. The van der Waals surface area contributed by atoms with E-state index in [1.807, 2.05) is 0 Å². The number of hydrogen-bond acceptors (Lipinski definition) is 2. The van der Waals surface area contributed by atoms with E-state index in [1.54, 1.807) is 0 Å². The minimum Gasteiger partial charge on any atom is -0.481 e. The van der Waals surface area contributed by atoms with Crippen LogP contribution in [-0.4, -0.2) is 41.1 Å². The summed E-state index contributed by atoms with van der Waals surface area (Å²) >= 11 is 0. The third-order valence-electron chi connectivity index (χ3n) is 3.69. The van der Waals surface area contributed by atoms with Crippen molar-refractivity contribution < 1.29 is 27.9 Å². The Morgan fingerprint density at radius 1 is 1.11 bits per heavy atom. The molecule has 7 heteroatoms. The maximum absolute atomic E-state index is 12.4. The van der Waals surface area contributed by atoms with Crippen LogP contribution in [0.1, 0.15) is 19.3 Å². The summed E-state index contributed by atoms with van der Waals surface area (Å²) in [5.74, 6) is -3.81. The van der Waals surface area contributed by atoms with Gasteiger partial charge in [0.15, 0.2) is 0 Å².